The number of nitrogens with zero attached hydrogens (tertiary/aromatic N) is 1. The van der Waals surface area contributed by atoms with Gasteiger partial charge in [-0.3, -0.25) is 5.32 Å². The average Bonchev–Trinajstić information content (AvgIpc) is 2.46. The molecule has 1 unspecified atom stereocenters. The van der Waals surface area contributed by atoms with Crippen LogP contribution >= 0.6 is 0 Å². The Labute approximate surface area is 70.0 Å². The summed E-state index contributed by atoms with van der Waals surface area (Å²) in [6, 6.07) is 3.72. The van der Waals surface area contributed by atoms with Gasteiger partial charge in [-0.2, -0.15) is 5.26 Å². The van der Waals surface area contributed by atoms with Crippen molar-refractivity contribution in [3.8, 4) is 6.07 Å². The van der Waals surface area contributed by atoms with Crippen LogP contribution in [0.2, 0.25) is 0 Å². The first-order chi connectivity index (χ1) is 5.79. The maximum Gasteiger partial charge on any atom is 0.203 e. The van der Waals surface area contributed by atoms with Crippen LogP contribution in [0.25, 0.3) is 0 Å². The van der Waals surface area contributed by atoms with Crippen molar-refractivity contribution >= 4 is 0 Å². The summed E-state index contributed by atoms with van der Waals surface area (Å²) in [6.45, 7) is 0.696. The van der Waals surface area contributed by atoms with Crippen LogP contribution < -0.4 is 11.1 Å². The van der Waals surface area contributed by atoms with Crippen LogP contribution in [-0.2, 0) is 13.0 Å². The minimum Gasteiger partial charge on any atom is -0.450 e. The van der Waals surface area contributed by atoms with Gasteiger partial charge in [0.1, 0.15) is 11.8 Å². The third-order valence-corrected chi connectivity index (χ3v) is 1.97. The zero-order valence-corrected chi connectivity index (χ0v) is 6.50. The largest absolute Gasteiger partial charge is 0.450 e. The monoisotopic (exact) mass is 163 g/mol. The molecule has 0 radical (unpaired) electrons. The van der Waals surface area contributed by atoms with Crippen LogP contribution in [0.15, 0.2) is 10.5 Å². The summed E-state index contributed by atoms with van der Waals surface area (Å²) >= 11 is 0. The second-order valence-corrected chi connectivity index (χ2v) is 2.86. The van der Waals surface area contributed by atoms with Gasteiger partial charge in [-0.05, 0) is 6.07 Å². The molecule has 3 N–H and O–H groups in total. The summed E-state index contributed by atoms with van der Waals surface area (Å²) in [7, 11) is 0. The second-order valence-electron chi connectivity index (χ2n) is 2.86. The Morgan fingerprint density at radius 2 is 2.58 bits per heavy atom. The van der Waals surface area contributed by atoms with Crippen molar-refractivity contribution in [2.45, 2.75) is 19.1 Å². The predicted molar refractivity (Wildman–Crippen MR) is 41.9 cm³/mol. The molecule has 12 heavy (non-hydrogen) atoms. The third-order valence-electron chi connectivity index (χ3n) is 1.97. The van der Waals surface area contributed by atoms with Crippen molar-refractivity contribution in [2.24, 2.45) is 5.73 Å². The molecule has 0 aromatic carbocycles. The molecule has 0 saturated heterocycles. The Hall–Kier alpha value is -1.31. The average molecular weight is 163 g/mol. The van der Waals surface area contributed by atoms with Gasteiger partial charge in [-0.1, -0.05) is 0 Å². The van der Waals surface area contributed by atoms with E-state index in [9.17, 15) is 0 Å². The summed E-state index contributed by atoms with van der Waals surface area (Å²) in [4.78, 5) is 0. The minimum atomic E-state index is -0.0461. The molecule has 1 aromatic rings. The van der Waals surface area contributed by atoms with Gasteiger partial charge in [0.05, 0.1) is 6.17 Å². The topological polar surface area (TPSA) is 75.0 Å². The molecule has 0 bridgehead atoms. The Bertz CT molecular complexity index is 337. The van der Waals surface area contributed by atoms with Gasteiger partial charge in [0.15, 0.2) is 0 Å². The highest BCUT2D eigenvalue weighted by Gasteiger charge is 2.19. The van der Waals surface area contributed by atoms with Gasteiger partial charge in [0, 0.05) is 18.5 Å². The van der Waals surface area contributed by atoms with Gasteiger partial charge < -0.3 is 10.2 Å². The van der Waals surface area contributed by atoms with E-state index in [1.807, 2.05) is 6.07 Å². The van der Waals surface area contributed by atoms with E-state index in [0.29, 0.717) is 18.7 Å². The van der Waals surface area contributed by atoms with E-state index in [4.69, 9.17) is 15.4 Å². The lowest BCUT2D eigenvalue weighted by Gasteiger charge is -2.17. The van der Waals surface area contributed by atoms with E-state index in [0.717, 1.165) is 11.3 Å². The first-order valence-corrected chi connectivity index (χ1v) is 3.80. The van der Waals surface area contributed by atoms with Crippen molar-refractivity contribution < 1.29 is 4.42 Å². The first-order valence-electron chi connectivity index (χ1n) is 3.80. The zero-order valence-electron chi connectivity index (χ0n) is 6.50. The predicted octanol–water partition coefficient (Wildman–Crippen LogP) is 0.0818. The van der Waals surface area contributed by atoms with Crippen molar-refractivity contribution in [3.05, 3.63) is 23.2 Å². The lowest BCUT2D eigenvalue weighted by molar-refractivity contribution is 0.411. The first kappa shape index (κ1) is 7.35. The summed E-state index contributed by atoms with van der Waals surface area (Å²) in [5.74, 6) is 1.22. The lowest BCUT2D eigenvalue weighted by Crippen LogP contribution is -2.41. The molecule has 62 valence electrons. The molecular weight excluding hydrogens is 154 g/mol. The second kappa shape index (κ2) is 2.63. The molecule has 1 aliphatic rings. The summed E-state index contributed by atoms with van der Waals surface area (Å²) < 4.78 is 5.24. The number of nitrogens with one attached hydrogen (secondary N) is 1. The minimum absolute atomic E-state index is 0.0461. The highest BCUT2D eigenvalue weighted by molar-refractivity contribution is 5.30. The van der Waals surface area contributed by atoms with Gasteiger partial charge in [-0.25, -0.2) is 0 Å². The molecule has 0 spiro atoms. The van der Waals surface area contributed by atoms with Gasteiger partial charge in [-0.15, -0.1) is 0 Å². The normalized spacial score (nSPS) is 21.5. The maximum atomic E-state index is 8.56. The fourth-order valence-electron chi connectivity index (χ4n) is 1.36. The van der Waals surface area contributed by atoms with Crippen molar-refractivity contribution in [1.29, 1.82) is 5.26 Å². The van der Waals surface area contributed by atoms with Crippen LogP contribution in [0.1, 0.15) is 17.1 Å². The molecule has 2 rings (SSSR count). The molecule has 0 fully saturated rings. The van der Waals surface area contributed by atoms with E-state index in [-0.39, 0.29) is 6.17 Å². The summed E-state index contributed by atoms with van der Waals surface area (Å²) in [5, 5.41) is 11.6. The molecular formula is C8H9N3O. The van der Waals surface area contributed by atoms with E-state index in [1.165, 1.54) is 0 Å². The van der Waals surface area contributed by atoms with Crippen molar-refractivity contribution in [2.75, 3.05) is 0 Å². The van der Waals surface area contributed by atoms with Crippen molar-refractivity contribution in [1.82, 2.24) is 5.32 Å². The molecule has 4 heteroatoms. The Morgan fingerprint density at radius 3 is 3.33 bits per heavy atom. The fourth-order valence-corrected chi connectivity index (χ4v) is 1.36. The standard InChI is InChI=1S/C8H9N3O/c9-3-6-1-5-4-11-8(10)2-7(5)12-6/h1,8,11H,2,4,10H2. The van der Waals surface area contributed by atoms with Crippen LogP contribution in [0.5, 0.6) is 0 Å². The highest BCUT2D eigenvalue weighted by atomic mass is 16.3. The maximum absolute atomic E-state index is 8.56. The smallest absolute Gasteiger partial charge is 0.203 e. The number of rotatable bonds is 0. The molecule has 4 nitrogen and oxygen atoms in total. The Balaban J connectivity index is 2.36. The van der Waals surface area contributed by atoms with Gasteiger partial charge >= 0.3 is 0 Å². The van der Waals surface area contributed by atoms with Crippen molar-refractivity contribution in [3.63, 3.8) is 0 Å². The van der Waals surface area contributed by atoms with Crippen LogP contribution in [-0.4, -0.2) is 6.17 Å². The van der Waals surface area contributed by atoms with E-state index < -0.39 is 0 Å². The number of hydrogen-bond donors (Lipinski definition) is 2. The zero-order chi connectivity index (χ0) is 8.55. The third kappa shape index (κ3) is 1.09. The number of furan rings is 1. The number of nitrogens with two attached hydrogens (primary N) is 1. The Kier molecular flexibility index (Phi) is 1.61. The number of hydrogen-bond acceptors (Lipinski definition) is 4. The molecule has 1 atom stereocenters. The van der Waals surface area contributed by atoms with E-state index >= 15 is 0 Å². The summed E-state index contributed by atoms with van der Waals surface area (Å²) in [5.41, 5.74) is 6.70. The van der Waals surface area contributed by atoms with E-state index in [1.54, 1.807) is 6.07 Å². The quantitative estimate of drug-likeness (QED) is 0.568. The van der Waals surface area contributed by atoms with Crippen LogP contribution in [0.4, 0.5) is 0 Å². The fraction of sp³-hybridized carbons (Fsp3) is 0.375. The van der Waals surface area contributed by atoms with Crippen LogP contribution in [0.3, 0.4) is 0 Å². The molecule has 0 saturated carbocycles. The summed E-state index contributed by atoms with van der Waals surface area (Å²) in [6.07, 6.45) is 0.618. The number of nitriles is 1. The number of fused-ring (bicyclic) bond motifs is 1. The van der Waals surface area contributed by atoms with Crippen LogP contribution in [0, 0.1) is 11.3 Å². The molecule has 1 aliphatic heterocycles. The van der Waals surface area contributed by atoms with Gasteiger partial charge in [0.2, 0.25) is 5.76 Å². The molecule has 0 amide bonds. The molecule has 2 heterocycles. The molecule has 1 aromatic heterocycles. The van der Waals surface area contributed by atoms with E-state index in [2.05, 4.69) is 5.32 Å². The van der Waals surface area contributed by atoms with Gasteiger partial charge in [0.25, 0.3) is 0 Å². The molecule has 0 aliphatic carbocycles. The highest BCUT2D eigenvalue weighted by Crippen LogP contribution is 2.19. The SMILES string of the molecule is N#Cc1cc2c(o1)CC(N)NC2. The Morgan fingerprint density at radius 1 is 1.75 bits per heavy atom. The lowest BCUT2D eigenvalue weighted by atomic mass is 10.1.